The normalized spacial score (nSPS) is 37.3. The lowest BCUT2D eigenvalue weighted by Gasteiger charge is -2.41. The van der Waals surface area contributed by atoms with E-state index in [4.69, 9.17) is 0 Å². The second-order valence-electron chi connectivity index (χ2n) is 11.5. The molecule has 0 aromatic carbocycles. The van der Waals surface area contributed by atoms with E-state index in [9.17, 15) is 13.2 Å². The number of halogens is 3. The molecule has 180 valence electrons. The minimum atomic E-state index is -1.23. The van der Waals surface area contributed by atoms with Crippen LogP contribution in [0.3, 0.4) is 0 Å². The first-order chi connectivity index (χ1) is 14.9. The maximum absolute atomic E-state index is 15.0. The molecule has 3 aliphatic rings. The number of allylic oxidation sites excluding steroid dienone is 1. The highest BCUT2D eigenvalue weighted by atomic mass is 19.2. The zero-order valence-electron chi connectivity index (χ0n) is 20.1. The van der Waals surface area contributed by atoms with Crippen LogP contribution in [0, 0.1) is 41.4 Å². The Morgan fingerprint density at radius 3 is 2.13 bits per heavy atom. The molecule has 0 nitrogen and oxygen atoms in total. The van der Waals surface area contributed by atoms with E-state index >= 15 is 0 Å². The minimum Gasteiger partial charge on any atom is -0.244 e. The summed E-state index contributed by atoms with van der Waals surface area (Å²) in [6, 6.07) is 0. The fourth-order valence-electron chi connectivity index (χ4n) is 6.98. The molecule has 0 bridgehead atoms. The fraction of sp³-hybridized carbons (Fsp3) is 0.929. The molecule has 0 amide bonds. The lowest BCUT2D eigenvalue weighted by atomic mass is 9.67. The standard InChI is InChI=1S/C28H47F3/c1-19(21(3)29)9-10-20(2)23-14-11-22(12-15-23)13-16-25-17-18-26(28(31)27(25)30)24-7-5-4-6-8-24/h19-20,22-28H,3-18H2,1-2H3. The molecular weight excluding hydrogens is 393 g/mol. The summed E-state index contributed by atoms with van der Waals surface area (Å²) in [4.78, 5) is 0. The molecule has 6 atom stereocenters. The maximum Gasteiger partial charge on any atom is 0.134 e. The first-order valence-electron chi connectivity index (χ1n) is 13.5. The molecule has 0 radical (unpaired) electrons. The second kappa shape index (κ2) is 12.1. The molecule has 3 fully saturated rings. The molecule has 0 aliphatic heterocycles. The first kappa shape index (κ1) is 25.2. The van der Waals surface area contributed by atoms with E-state index in [1.165, 1.54) is 44.9 Å². The van der Waals surface area contributed by atoms with Gasteiger partial charge in [0.25, 0.3) is 0 Å². The molecule has 3 aliphatic carbocycles. The van der Waals surface area contributed by atoms with Gasteiger partial charge in [0.1, 0.15) is 12.3 Å². The highest BCUT2D eigenvalue weighted by Gasteiger charge is 2.43. The fourth-order valence-corrected chi connectivity index (χ4v) is 6.98. The quantitative estimate of drug-likeness (QED) is 0.335. The van der Waals surface area contributed by atoms with Crippen LogP contribution in [0.4, 0.5) is 13.2 Å². The predicted molar refractivity (Wildman–Crippen MR) is 125 cm³/mol. The van der Waals surface area contributed by atoms with Gasteiger partial charge in [-0.25, -0.2) is 13.2 Å². The van der Waals surface area contributed by atoms with Gasteiger partial charge in [-0.3, -0.25) is 0 Å². The van der Waals surface area contributed by atoms with Crippen molar-refractivity contribution in [3.05, 3.63) is 12.4 Å². The van der Waals surface area contributed by atoms with Crippen LogP contribution in [0.25, 0.3) is 0 Å². The summed E-state index contributed by atoms with van der Waals surface area (Å²) < 4.78 is 43.1. The van der Waals surface area contributed by atoms with Crippen molar-refractivity contribution in [2.24, 2.45) is 41.4 Å². The molecule has 6 unspecified atom stereocenters. The van der Waals surface area contributed by atoms with Gasteiger partial charge < -0.3 is 0 Å². The number of hydrogen-bond acceptors (Lipinski definition) is 0. The summed E-state index contributed by atoms with van der Waals surface area (Å²) in [6.45, 7) is 7.68. The van der Waals surface area contributed by atoms with Crippen LogP contribution in [0.5, 0.6) is 0 Å². The maximum atomic E-state index is 15.0. The Hall–Kier alpha value is -0.470. The van der Waals surface area contributed by atoms with Gasteiger partial charge in [0.05, 0.1) is 5.83 Å². The summed E-state index contributed by atoms with van der Waals surface area (Å²) >= 11 is 0. The lowest BCUT2D eigenvalue weighted by molar-refractivity contribution is -0.0130. The molecule has 0 spiro atoms. The summed E-state index contributed by atoms with van der Waals surface area (Å²) in [7, 11) is 0. The summed E-state index contributed by atoms with van der Waals surface area (Å²) in [5, 5.41) is 0. The molecule has 0 heterocycles. The second-order valence-corrected chi connectivity index (χ2v) is 11.5. The van der Waals surface area contributed by atoms with Crippen molar-refractivity contribution in [3.63, 3.8) is 0 Å². The van der Waals surface area contributed by atoms with Crippen molar-refractivity contribution >= 4 is 0 Å². The molecule has 0 aromatic rings. The molecule has 0 saturated heterocycles. The Labute approximate surface area is 189 Å². The number of alkyl halides is 2. The molecule has 3 heteroatoms. The van der Waals surface area contributed by atoms with Crippen LogP contribution in [0.2, 0.25) is 0 Å². The lowest BCUT2D eigenvalue weighted by Crippen LogP contribution is -2.42. The topological polar surface area (TPSA) is 0 Å². The van der Waals surface area contributed by atoms with Crippen LogP contribution in [-0.4, -0.2) is 12.3 Å². The van der Waals surface area contributed by atoms with Crippen molar-refractivity contribution in [1.29, 1.82) is 0 Å². The van der Waals surface area contributed by atoms with Crippen LogP contribution in [0.1, 0.15) is 110 Å². The van der Waals surface area contributed by atoms with Gasteiger partial charge >= 0.3 is 0 Å². The van der Waals surface area contributed by atoms with E-state index in [0.717, 1.165) is 57.3 Å². The molecule has 31 heavy (non-hydrogen) atoms. The third-order valence-electron chi connectivity index (χ3n) is 9.52. The van der Waals surface area contributed by atoms with Crippen LogP contribution >= 0.6 is 0 Å². The zero-order chi connectivity index (χ0) is 22.4. The van der Waals surface area contributed by atoms with Gasteiger partial charge in [-0.15, -0.1) is 0 Å². The van der Waals surface area contributed by atoms with Crippen LogP contribution in [-0.2, 0) is 0 Å². The molecule has 0 aromatic heterocycles. The third kappa shape index (κ3) is 7.00. The molecule has 0 N–H and O–H groups in total. The Bertz CT molecular complexity index is 532. The average Bonchev–Trinajstić information content (AvgIpc) is 2.79. The van der Waals surface area contributed by atoms with E-state index in [1.54, 1.807) is 0 Å². The highest BCUT2D eigenvalue weighted by Crippen LogP contribution is 2.45. The van der Waals surface area contributed by atoms with Gasteiger partial charge in [0.15, 0.2) is 0 Å². The summed E-state index contributed by atoms with van der Waals surface area (Å²) in [5.74, 6) is 2.22. The summed E-state index contributed by atoms with van der Waals surface area (Å²) in [5.41, 5.74) is 0. The van der Waals surface area contributed by atoms with Crippen molar-refractivity contribution in [2.45, 2.75) is 123 Å². The van der Waals surface area contributed by atoms with Crippen LogP contribution in [0.15, 0.2) is 12.4 Å². The zero-order valence-corrected chi connectivity index (χ0v) is 20.1. The third-order valence-corrected chi connectivity index (χ3v) is 9.52. The van der Waals surface area contributed by atoms with E-state index in [2.05, 4.69) is 13.5 Å². The van der Waals surface area contributed by atoms with Crippen molar-refractivity contribution in [1.82, 2.24) is 0 Å². The molecule has 3 rings (SSSR count). The van der Waals surface area contributed by atoms with E-state index in [0.29, 0.717) is 17.8 Å². The average molecular weight is 441 g/mol. The van der Waals surface area contributed by atoms with Gasteiger partial charge in [0.2, 0.25) is 0 Å². The Balaban J connectivity index is 1.35. The van der Waals surface area contributed by atoms with Gasteiger partial charge in [0, 0.05) is 5.92 Å². The minimum absolute atomic E-state index is 0.0132. The smallest absolute Gasteiger partial charge is 0.134 e. The van der Waals surface area contributed by atoms with Crippen LogP contribution < -0.4 is 0 Å². The Morgan fingerprint density at radius 1 is 0.806 bits per heavy atom. The number of rotatable bonds is 9. The van der Waals surface area contributed by atoms with Gasteiger partial charge in [-0.05, 0) is 80.5 Å². The number of hydrogen-bond donors (Lipinski definition) is 0. The van der Waals surface area contributed by atoms with Gasteiger partial charge in [-0.1, -0.05) is 71.8 Å². The van der Waals surface area contributed by atoms with Gasteiger partial charge in [-0.2, -0.15) is 0 Å². The monoisotopic (exact) mass is 440 g/mol. The highest BCUT2D eigenvalue weighted by molar-refractivity contribution is 4.92. The van der Waals surface area contributed by atoms with E-state index in [-0.39, 0.29) is 23.6 Å². The molecular formula is C28H47F3. The van der Waals surface area contributed by atoms with E-state index in [1.807, 2.05) is 6.92 Å². The van der Waals surface area contributed by atoms with Crippen molar-refractivity contribution in [2.75, 3.05) is 0 Å². The molecule has 3 saturated carbocycles. The van der Waals surface area contributed by atoms with E-state index < -0.39 is 12.3 Å². The van der Waals surface area contributed by atoms with Crippen molar-refractivity contribution in [3.8, 4) is 0 Å². The van der Waals surface area contributed by atoms with Crippen molar-refractivity contribution < 1.29 is 13.2 Å². The first-order valence-corrected chi connectivity index (χ1v) is 13.5. The SMILES string of the molecule is C=C(F)C(C)CCC(C)C1CCC(CCC2CCC(C3CCCCC3)C(F)C2F)CC1. The largest absolute Gasteiger partial charge is 0.244 e. The Morgan fingerprint density at radius 2 is 1.48 bits per heavy atom. The predicted octanol–water partition coefficient (Wildman–Crippen LogP) is 9.39. The Kier molecular flexibility index (Phi) is 9.84. The summed E-state index contributed by atoms with van der Waals surface area (Å²) in [6.07, 6.45) is 14.1.